The molecule has 4 nitrogen and oxygen atoms in total. The number of piperazine rings is 1. The van der Waals surface area contributed by atoms with E-state index in [1.54, 1.807) is 34.1 Å². The van der Waals surface area contributed by atoms with Crippen LogP contribution in [0.25, 0.3) is 0 Å². The molecule has 0 N–H and O–H groups in total. The molecule has 1 aliphatic heterocycles. The molecule has 3 rings (SSSR count). The maximum Gasteiger partial charge on any atom is 0.416 e. The summed E-state index contributed by atoms with van der Waals surface area (Å²) in [5.41, 5.74) is -0.0987. The fourth-order valence-electron chi connectivity index (χ4n) is 2.67. The van der Waals surface area contributed by atoms with Crippen LogP contribution in [0.4, 0.5) is 19.0 Å². The molecule has 1 aliphatic rings. The molecule has 0 spiro atoms. The van der Waals surface area contributed by atoms with E-state index in [-0.39, 0.29) is 11.7 Å². The van der Waals surface area contributed by atoms with Gasteiger partial charge in [0.1, 0.15) is 5.82 Å². The SMILES string of the molecule is O=C(c1ccccc1)N1CCN(c2cc(C(F)(F)F)ccn2)CC1. The Morgan fingerprint density at radius 3 is 2.29 bits per heavy atom. The molecule has 1 saturated heterocycles. The van der Waals surface area contributed by atoms with Crippen molar-refractivity contribution in [1.29, 1.82) is 0 Å². The van der Waals surface area contributed by atoms with Crippen LogP contribution in [0, 0.1) is 0 Å². The first-order valence-electron chi connectivity index (χ1n) is 7.58. The van der Waals surface area contributed by atoms with Gasteiger partial charge in [-0.2, -0.15) is 13.2 Å². The maximum atomic E-state index is 12.8. The highest BCUT2D eigenvalue weighted by molar-refractivity contribution is 5.94. The Kier molecular flexibility index (Phi) is 4.42. The van der Waals surface area contributed by atoms with Crippen molar-refractivity contribution in [2.24, 2.45) is 0 Å². The number of amides is 1. The van der Waals surface area contributed by atoms with E-state index in [1.165, 1.54) is 6.20 Å². The van der Waals surface area contributed by atoms with Gasteiger partial charge in [0.15, 0.2) is 0 Å². The molecule has 1 aromatic carbocycles. The number of anilines is 1. The Morgan fingerprint density at radius 1 is 1.00 bits per heavy atom. The number of carbonyl (C=O) groups is 1. The Labute approximate surface area is 137 Å². The Bertz CT molecular complexity index is 711. The highest BCUT2D eigenvalue weighted by atomic mass is 19.4. The number of alkyl halides is 3. The molecule has 1 aromatic heterocycles. The number of carbonyl (C=O) groups excluding carboxylic acids is 1. The Hall–Kier alpha value is -2.57. The molecule has 7 heteroatoms. The Balaban J connectivity index is 1.66. The van der Waals surface area contributed by atoms with Crippen LogP contribution in [-0.4, -0.2) is 42.0 Å². The topological polar surface area (TPSA) is 36.4 Å². The molecule has 1 amide bonds. The van der Waals surface area contributed by atoms with Crippen molar-refractivity contribution in [3.8, 4) is 0 Å². The summed E-state index contributed by atoms with van der Waals surface area (Å²) in [6, 6.07) is 11.0. The van der Waals surface area contributed by atoms with Crippen molar-refractivity contribution >= 4 is 11.7 Å². The third kappa shape index (κ3) is 3.50. The summed E-state index contributed by atoms with van der Waals surface area (Å²) in [4.78, 5) is 19.9. The molecule has 0 radical (unpaired) electrons. The van der Waals surface area contributed by atoms with Crippen LogP contribution < -0.4 is 4.90 Å². The summed E-state index contributed by atoms with van der Waals surface area (Å²) in [6.45, 7) is 1.80. The molecule has 0 saturated carbocycles. The predicted octanol–water partition coefficient (Wildman–Crippen LogP) is 3.06. The lowest BCUT2D eigenvalue weighted by Crippen LogP contribution is -2.49. The highest BCUT2D eigenvalue weighted by Gasteiger charge is 2.31. The number of aromatic nitrogens is 1. The van der Waals surface area contributed by atoms with Crippen LogP contribution in [0.15, 0.2) is 48.7 Å². The minimum Gasteiger partial charge on any atom is -0.353 e. The number of nitrogens with zero attached hydrogens (tertiary/aromatic N) is 3. The molecule has 24 heavy (non-hydrogen) atoms. The number of benzene rings is 1. The van der Waals surface area contributed by atoms with Gasteiger partial charge in [-0.3, -0.25) is 4.79 Å². The highest BCUT2D eigenvalue weighted by Crippen LogP contribution is 2.30. The number of halogens is 3. The molecule has 0 aliphatic carbocycles. The van der Waals surface area contributed by atoms with Gasteiger partial charge in [0.25, 0.3) is 5.91 Å². The molecule has 0 bridgehead atoms. The molecule has 126 valence electrons. The quantitative estimate of drug-likeness (QED) is 0.846. The minimum absolute atomic E-state index is 0.0627. The second-order valence-electron chi connectivity index (χ2n) is 5.55. The molecule has 2 aromatic rings. The molecule has 1 fully saturated rings. The number of hydrogen-bond acceptors (Lipinski definition) is 3. The van der Waals surface area contributed by atoms with E-state index in [0.29, 0.717) is 31.7 Å². The number of pyridine rings is 1. The van der Waals surface area contributed by atoms with Gasteiger partial charge in [-0.25, -0.2) is 4.98 Å². The fraction of sp³-hybridized carbons (Fsp3) is 0.294. The van der Waals surface area contributed by atoms with E-state index in [4.69, 9.17) is 0 Å². The molecular formula is C17H16F3N3O. The van der Waals surface area contributed by atoms with Crippen LogP contribution in [0.3, 0.4) is 0 Å². The first kappa shape index (κ1) is 16.3. The van der Waals surface area contributed by atoms with E-state index in [9.17, 15) is 18.0 Å². The maximum absolute atomic E-state index is 12.8. The van der Waals surface area contributed by atoms with Gasteiger partial charge in [0.2, 0.25) is 0 Å². The van der Waals surface area contributed by atoms with Crippen LogP contribution in [0.2, 0.25) is 0 Å². The third-order valence-electron chi connectivity index (χ3n) is 3.98. The molecule has 2 heterocycles. The predicted molar refractivity (Wildman–Crippen MR) is 83.8 cm³/mol. The van der Waals surface area contributed by atoms with Crippen molar-refractivity contribution in [2.75, 3.05) is 31.1 Å². The summed E-state index contributed by atoms with van der Waals surface area (Å²) < 4.78 is 38.4. The largest absolute Gasteiger partial charge is 0.416 e. The van der Waals surface area contributed by atoms with E-state index >= 15 is 0 Å². The summed E-state index contributed by atoms with van der Waals surface area (Å²) in [5, 5.41) is 0. The Morgan fingerprint density at radius 2 is 1.67 bits per heavy atom. The normalized spacial score (nSPS) is 15.5. The van der Waals surface area contributed by atoms with Crippen LogP contribution in [0.5, 0.6) is 0 Å². The monoisotopic (exact) mass is 335 g/mol. The second-order valence-corrected chi connectivity index (χ2v) is 5.55. The number of rotatable bonds is 2. The minimum atomic E-state index is -4.39. The van der Waals surface area contributed by atoms with Crippen LogP contribution in [0.1, 0.15) is 15.9 Å². The zero-order chi connectivity index (χ0) is 17.2. The van der Waals surface area contributed by atoms with Crippen molar-refractivity contribution in [2.45, 2.75) is 6.18 Å². The van der Waals surface area contributed by atoms with E-state index in [0.717, 1.165) is 12.1 Å². The zero-order valence-corrected chi connectivity index (χ0v) is 12.8. The standard InChI is InChI=1S/C17H16F3N3O/c18-17(19,20)14-6-7-21-15(12-14)22-8-10-23(11-9-22)16(24)13-4-2-1-3-5-13/h1-7,12H,8-11H2. The van der Waals surface area contributed by atoms with Gasteiger partial charge in [0, 0.05) is 37.9 Å². The summed E-state index contributed by atoms with van der Waals surface area (Å²) in [5.74, 6) is 0.226. The summed E-state index contributed by atoms with van der Waals surface area (Å²) in [6.07, 6.45) is -3.22. The van der Waals surface area contributed by atoms with E-state index in [1.807, 2.05) is 6.07 Å². The third-order valence-corrected chi connectivity index (χ3v) is 3.98. The van der Waals surface area contributed by atoms with Crippen molar-refractivity contribution < 1.29 is 18.0 Å². The number of hydrogen-bond donors (Lipinski definition) is 0. The molecule has 0 unspecified atom stereocenters. The van der Waals surface area contributed by atoms with Crippen molar-refractivity contribution in [3.05, 3.63) is 59.8 Å². The van der Waals surface area contributed by atoms with Crippen LogP contribution in [-0.2, 0) is 6.18 Å². The average molecular weight is 335 g/mol. The lowest BCUT2D eigenvalue weighted by Gasteiger charge is -2.35. The van der Waals surface area contributed by atoms with Gasteiger partial charge in [0.05, 0.1) is 5.56 Å². The van der Waals surface area contributed by atoms with Gasteiger partial charge in [-0.1, -0.05) is 18.2 Å². The first-order valence-corrected chi connectivity index (χ1v) is 7.58. The van der Waals surface area contributed by atoms with Gasteiger partial charge in [-0.15, -0.1) is 0 Å². The average Bonchev–Trinajstić information content (AvgIpc) is 2.61. The van der Waals surface area contributed by atoms with Crippen LogP contribution >= 0.6 is 0 Å². The van der Waals surface area contributed by atoms with E-state index in [2.05, 4.69) is 4.98 Å². The molecular weight excluding hydrogens is 319 g/mol. The summed E-state index contributed by atoms with van der Waals surface area (Å²) in [7, 11) is 0. The zero-order valence-electron chi connectivity index (χ0n) is 12.8. The lowest BCUT2D eigenvalue weighted by atomic mass is 10.2. The van der Waals surface area contributed by atoms with Gasteiger partial charge >= 0.3 is 6.18 Å². The smallest absolute Gasteiger partial charge is 0.353 e. The molecule has 0 atom stereocenters. The van der Waals surface area contributed by atoms with E-state index < -0.39 is 11.7 Å². The fourth-order valence-corrected chi connectivity index (χ4v) is 2.67. The summed E-state index contributed by atoms with van der Waals surface area (Å²) >= 11 is 0. The lowest BCUT2D eigenvalue weighted by molar-refractivity contribution is -0.137. The van der Waals surface area contributed by atoms with Gasteiger partial charge < -0.3 is 9.80 Å². The second kappa shape index (κ2) is 6.51. The van der Waals surface area contributed by atoms with Gasteiger partial charge in [-0.05, 0) is 24.3 Å². The van der Waals surface area contributed by atoms with Crippen molar-refractivity contribution in [3.63, 3.8) is 0 Å². The first-order chi connectivity index (χ1) is 11.4. The van der Waals surface area contributed by atoms with Crippen molar-refractivity contribution in [1.82, 2.24) is 9.88 Å².